The highest BCUT2D eigenvalue weighted by molar-refractivity contribution is 7.22. The lowest BCUT2D eigenvalue weighted by Crippen LogP contribution is -1.90. The normalized spacial score (nSPS) is 10.5. The summed E-state index contributed by atoms with van der Waals surface area (Å²) in [7, 11) is 0. The molecule has 0 spiro atoms. The van der Waals surface area contributed by atoms with Crippen molar-refractivity contribution in [1.82, 2.24) is 9.97 Å². The summed E-state index contributed by atoms with van der Waals surface area (Å²) in [4.78, 5) is 13.1. The Hall–Kier alpha value is -3.28. The molecule has 2 heterocycles. The number of nitrogens with zero attached hydrogens (tertiary/aromatic N) is 4. The van der Waals surface area contributed by atoms with Crippen molar-refractivity contribution >= 4 is 38.0 Å². The van der Waals surface area contributed by atoms with E-state index in [1.807, 2.05) is 12.1 Å². The predicted molar refractivity (Wildman–Crippen MR) is 91.3 cm³/mol. The molecule has 2 aromatic heterocycles. The van der Waals surface area contributed by atoms with Crippen molar-refractivity contribution in [2.45, 2.75) is 0 Å². The lowest BCUT2D eigenvalue weighted by Gasteiger charge is -2.05. The van der Waals surface area contributed by atoms with Crippen LogP contribution >= 0.6 is 11.3 Å². The van der Waals surface area contributed by atoms with Crippen LogP contribution in [-0.4, -0.2) is 9.97 Å². The maximum Gasteiger partial charge on any atom is 0.189 e. The molecule has 4 rings (SSSR count). The van der Waals surface area contributed by atoms with Crippen LogP contribution in [-0.2, 0) is 0 Å². The molecule has 0 unspecified atom stereocenters. The second-order valence-corrected chi connectivity index (χ2v) is 6.07. The topological polar surface area (TPSA) is 53.9 Å². The van der Waals surface area contributed by atoms with Crippen molar-refractivity contribution in [1.29, 1.82) is 5.26 Å². The molecule has 4 aromatic rings. The van der Waals surface area contributed by atoms with E-state index >= 15 is 0 Å². The second-order valence-electron chi connectivity index (χ2n) is 4.98. The van der Waals surface area contributed by atoms with Crippen LogP contribution in [0.15, 0.2) is 48.8 Å². The number of fused-ring (bicyclic) bond motifs is 2. The SMILES string of the molecule is [C-]#[N+]c1cc(C#N)c2ncnc(-c3cc4ccccc4s3)c2c1. The molecule has 0 saturated heterocycles. The van der Waals surface area contributed by atoms with Crippen LogP contribution in [0.2, 0.25) is 0 Å². The number of benzene rings is 2. The van der Waals surface area contributed by atoms with Gasteiger partial charge < -0.3 is 0 Å². The van der Waals surface area contributed by atoms with E-state index < -0.39 is 0 Å². The standard InChI is InChI=1S/C18H8N4S/c1-20-13-6-12(9-19)17-14(8-13)18(22-10-21-17)16-7-11-4-2-3-5-15(11)23-16/h2-8,10H. The molecule has 0 N–H and O–H groups in total. The van der Waals surface area contributed by atoms with Crippen molar-refractivity contribution in [3.8, 4) is 16.6 Å². The van der Waals surface area contributed by atoms with Gasteiger partial charge in [0.25, 0.3) is 0 Å². The zero-order valence-corrected chi connectivity index (χ0v) is 12.6. The fraction of sp³-hybridized carbons (Fsp3) is 0. The Kier molecular flexibility index (Phi) is 3.01. The highest BCUT2D eigenvalue weighted by Gasteiger charge is 2.13. The number of aromatic nitrogens is 2. The third kappa shape index (κ3) is 2.12. The Morgan fingerprint density at radius 3 is 2.78 bits per heavy atom. The number of rotatable bonds is 1. The smallest absolute Gasteiger partial charge is 0.189 e. The first-order valence-corrected chi connectivity index (χ1v) is 7.67. The Morgan fingerprint density at radius 2 is 2.00 bits per heavy atom. The molecule has 0 aliphatic rings. The molecule has 0 saturated carbocycles. The average molecular weight is 312 g/mol. The van der Waals surface area contributed by atoms with Gasteiger partial charge in [-0.05, 0) is 29.7 Å². The Morgan fingerprint density at radius 1 is 1.13 bits per heavy atom. The molecule has 0 bridgehead atoms. The van der Waals surface area contributed by atoms with Gasteiger partial charge in [0.2, 0.25) is 0 Å². The first kappa shape index (κ1) is 13.4. The number of hydrogen-bond donors (Lipinski definition) is 0. The first-order valence-electron chi connectivity index (χ1n) is 6.85. The lowest BCUT2D eigenvalue weighted by atomic mass is 10.1. The van der Waals surface area contributed by atoms with E-state index in [2.05, 4.69) is 39.1 Å². The largest absolute Gasteiger partial charge is 0.238 e. The molecule has 5 heteroatoms. The minimum Gasteiger partial charge on any atom is -0.238 e. The molecule has 0 radical (unpaired) electrons. The highest BCUT2D eigenvalue weighted by atomic mass is 32.1. The van der Waals surface area contributed by atoms with E-state index in [1.165, 1.54) is 11.0 Å². The Bertz CT molecular complexity index is 1110. The molecular formula is C18H8N4S. The maximum atomic E-state index is 9.32. The fourth-order valence-corrected chi connectivity index (χ4v) is 3.67. The molecule has 0 aliphatic carbocycles. The van der Waals surface area contributed by atoms with Gasteiger partial charge in [-0.15, -0.1) is 11.3 Å². The van der Waals surface area contributed by atoms with Gasteiger partial charge in [-0.25, -0.2) is 14.8 Å². The molecule has 0 fully saturated rings. The minimum atomic E-state index is 0.401. The zero-order valence-electron chi connectivity index (χ0n) is 11.8. The summed E-state index contributed by atoms with van der Waals surface area (Å²) in [5.41, 5.74) is 2.17. The van der Waals surface area contributed by atoms with Gasteiger partial charge in [0.1, 0.15) is 12.4 Å². The van der Waals surface area contributed by atoms with Gasteiger partial charge in [0, 0.05) is 10.1 Å². The fourth-order valence-electron chi connectivity index (χ4n) is 2.60. The Balaban J connectivity index is 2.07. The third-order valence-corrected chi connectivity index (χ3v) is 4.75. The van der Waals surface area contributed by atoms with Crippen LogP contribution in [0.25, 0.3) is 36.4 Å². The number of nitriles is 1. The average Bonchev–Trinajstić information content (AvgIpc) is 3.04. The van der Waals surface area contributed by atoms with Crippen molar-refractivity contribution in [3.05, 3.63) is 65.8 Å². The highest BCUT2D eigenvalue weighted by Crippen LogP contribution is 2.37. The van der Waals surface area contributed by atoms with Gasteiger partial charge >= 0.3 is 0 Å². The second kappa shape index (κ2) is 5.17. The Labute approximate surface area is 136 Å². The van der Waals surface area contributed by atoms with Crippen LogP contribution < -0.4 is 0 Å². The van der Waals surface area contributed by atoms with Crippen LogP contribution in [0.5, 0.6) is 0 Å². The molecule has 4 nitrogen and oxygen atoms in total. The molecule has 106 valence electrons. The number of thiophene rings is 1. The third-order valence-electron chi connectivity index (χ3n) is 3.63. The summed E-state index contributed by atoms with van der Waals surface area (Å²) in [6.45, 7) is 7.23. The van der Waals surface area contributed by atoms with Gasteiger partial charge in [-0.2, -0.15) is 5.26 Å². The van der Waals surface area contributed by atoms with Crippen LogP contribution in [0.3, 0.4) is 0 Å². The number of hydrogen-bond acceptors (Lipinski definition) is 4. The van der Waals surface area contributed by atoms with Gasteiger partial charge in [-0.1, -0.05) is 18.2 Å². The van der Waals surface area contributed by atoms with E-state index in [4.69, 9.17) is 6.57 Å². The van der Waals surface area contributed by atoms with E-state index in [9.17, 15) is 5.26 Å². The molecule has 0 amide bonds. The molecule has 0 aliphatic heterocycles. The molecule has 0 atom stereocenters. The lowest BCUT2D eigenvalue weighted by molar-refractivity contribution is 1.23. The summed E-state index contributed by atoms with van der Waals surface area (Å²) in [5, 5.41) is 11.2. The van der Waals surface area contributed by atoms with E-state index in [1.54, 1.807) is 23.5 Å². The summed E-state index contributed by atoms with van der Waals surface area (Å²) >= 11 is 1.64. The van der Waals surface area contributed by atoms with Crippen LogP contribution in [0.4, 0.5) is 5.69 Å². The van der Waals surface area contributed by atoms with Crippen molar-refractivity contribution in [2.24, 2.45) is 0 Å². The predicted octanol–water partition coefficient (Wildman–Crippen LogP) is 4.93. The van der Waals surface area contributed by atoms with Gasteiger partial charge in [0.05, 0.1) is 28.2 Å². The first-order chi connectivity index (χ1) is 11.3. The summed E-state index contributed by atoms with van der Waals surface area (Å²) in [6, 6.07) is 15.7. The van der Waals surface area contributed by atoms with Crippen molar-refractivity contribution in [3.63, 3.8) is 0 Å². The summed E-state index contributed by atoms with van der Waals surface area (Å²) in [6.07, 6.45) is 1.47. The molecule has 23 heavy (non-hydrogen) atoms. The van der Waals surface area contributed by atoms with Crippen LogP contribution in [0.1, 0.15) is 5.56 Å². The van der Waals surface area contributed by atoms with Gasteiger partial charge in [0.15, 0.2) is 5.69 Å². The monoisotopic (exact) mass is 312 g/mol. The van der Waals surface area contributed by atoms with Crippen molar-refractivity contribution in [2.75, 3.05) is 0 Å². The van der Waals surface area contributed by atoms with E-state index in [0.717, 1.165) is 21.3 Å². The summed E-state index contributed by atoms with van der Waals surface area (Å²) in [5.74, 6) is 0. The minimum absolute atomic E-state index is 0.401. The van der Waals surface area contributed by atoms with Gasteiger partial charge in [-0.3, -0.25) is 0 Å². The van der Waals surface area contributed by atoms with E-state index in [-0.39, 0.29) is 0 Å². The van der Waals surface area contributed by atoms with Crippen molar-refractivity contribution < 1.29 is 0 Å². The molecule has 2 aromatic carbocycles. The van der Waals surface area contributed by atoms with E-state index in [0.29, 0.717) is 16.8 Å². The molecular weight excluding hydrogens is 304 g/mol. The summed E-state index contributed by atoms with van der Waals surface area (Å²) < 4.78 is 1.18. The quantitative estimate of drug-likeness (QED) is 0.468. The zero-order chi connectivity index (χ0) is 15.8. The van der Waals surface area contributed by atoms with Crippen LogP contribution in [0, 0.1) is 17.9 Å². The maximum absolute atomic E-state index is 9.32.